The topological polar surface area (TPSA) is 411 Å². The molecule has 7 aromatic heterocycles. The Morgan fingerprint density at radius 2 is 0.914 bits per heavy atom. The molecular formula is C53H55ClN4O23. The van der Waals surface area contributed by atoms with Gasteiger partial charge in [0.25, 0.3) is 5.91 Å². The summed E-state index contributed by atoms with van der Waals surface area (Å²) in [6.07, 6.45) is 10.4. The van der Waals surface area contributed by atoms with Crippen LogP contribution in [0.2, 0.25) is 0 Å². The molecule has 0 atom stereocenters. The molecule has 2 aromatic carbocycles. The fourth-order valence-electron chi connectivity index (χ4n) is 6.34. The van der Waals surface area contributed by atoms with Crippen molar-refractivity contribution in [3.8, 4) is 57.5 Å². The van der Waals surface area contributed by atoms with Gasteiger partial charge in [0.15, 0.2) is 40.3 Å². The average Bonchev–Trinajstić information content (AvgIpc) is 4.11. The Balaban J connectivity index is 0.000000267. The van der Waals surface area contributed by atoms with Crippen LogP contribution in [0.4, 0.5) is 0 Å². The zero-order valence-corrected chi connectivity index (χ0v) is 44.6. The number of carbonyl (C=O) groups is 2. The molecule has 7 heterocycles. The van der Waals surface area contributed by atoms with Crippen LogP contribution < -0.4 is 67.2 Å². The number of nitrogens with one attached hydrogen (secondary N) is 3. The fraction of sp³-hybridized carbons (Fsp3) is 0.189. The number of carboxylic acid groups (broad SMARTS) is 1. The number of H-pyrrole nitrogens is 2. The van der Waals surface area contributed by atoms with Crippen LogP contribution in [-0.4, -0.2) is 103 Å². The van der Waals surface area contributed by atoms with Crippen LogP contribution in [0.3, 0.4) is 0 Å². The van der Waals surface area contributed by atoms with Crippen LogP contribution >= 0.6 is 12.4 Å². The smallest absolute Gasteiger partial charge is 0.371 e. The summed E-state index contributed by atoms with van der Waals surface area (Å²) in [5, 5.41) is 48.4. The van der Waals surface area contributed by atoms with Crippen molar-refractivity contribution in [1.29, 1.82) is 0 Å². The van der Waals surface area contributed by atoms with E-state index in [0.717, 1.165) is 102 Å². The Labute approximate surface area is 462 Å². The molecule has 432 valence electrons. The van der Waals surface area contributed by atoms with E-state index in [1.165, 1.54) is 39.4 Å². The number of halogens is 1. The Morgan fingerprint density at radius 3 is 1.30 bits per heavy atom. The first-order valence-electron chi connectivity index (χ1n) is 22.9. The molecule has 1 amide bonds. The molecule has 0 aliphatic carbocycles. The predicted molar refractivity (Wildman–Crippen MR) is 290 cm³/mol. The molecule has 0 saturated carbocycles. The molecular weight excluding hydrogens is 1100 g/mol. The van der Waals surface area contributed by atoms with Gasteiger partial charge < -0.3 is 97.1 Å². The number of aromatic carboxylic acids is 1. The monoisotopic (exact) mass is 1150 g/mol. The second-order valence-corrected chi connectivity index (χ2v) is 15.4. The van der Waals surface area contributed by atoms with Crippen LogP contribution in [0, 0.1) is 0 Å². The van der Waals surface area contributed by atoms with Crippen molar-refractivity contribution < 1.29 is 85.6 Å². The minimum Gasteiger partial charge on any atom is -0.504 e. The van der Waals surface area contributed by atoms with Crippen molar-refractivity contribution in [3.05, 3.63) is 185 Å². The first-order valence-corrected chi connectivity index (χ1v) is 22.9. The van der Waals surface area contributed by atoms with E-state index >= 15 is 0 Å². The Bertz CT molecular complexity index is 3720. The molecule has 0 fully saturated rings. The summed E-state index contributed by atoms with van der Waals surface area (Å²) in [5.41, 5.74) is 7.18. The van der Waals surface area contributed by atoms with E-state index in [-0.39, 0.29) is 52.7 Å². The van der Waals surface area contributed by atoms with Gasteiger partial charge in [-0.05, 0) is 66.9 Å². The summed E-state index contributed by atoms with van der Waals surface area (Å²) in [6.45, 7) is 1.07. The second-order valence-electron chi connectivity index (χ2n) is 15.4. The van der Waals surface area contributed by atoms with Gasteiger partial charge in [-0.15, -0.1) is 12.4 Å². The SMILES string of the molecule is COc1ccc2[nH]cc(CCN)c2c1.COc1ccc2[nH]cc(CCNC(=O)c3cc(=O)c(OC)co3)c2c1.COc1coc(=O)cc1O.COc1coc(=O)cc1O.COc1coc(C(=O)O)cc1=O.Cl.O=c1cc(O)c(O)co1. The van der Waals surface area contributed by atoms with E-state index in [9.17, 15) is 33.6 Å². The molecule has 81 heavy (non-hydrogen) atoms. The molecule has 9 rings (SSSR count). The number of ether oxygens (including phenoxy) is 6. The van der Waals surface area contributed by atoms with Crippen LogP contribution in [0.1, 0.15) is 32.2 Å². The number of aromatic hydroxyl groups is 4. The summed E-state index contributed by atoms with van der Waals surface area (Å²) in [5.74, 6) is -1.49. The molecule has 0 spiro atoms. The molecule has 27 nitrogen and oxygen atoms in total. The van der Waals surface area contributed by atoms with Gasteiger partial charge in [-0.3, -0.25) is 14.4 Å². The van der Waals surface area contributed by atoms with Crippen molar-refractivity contribution in [2.45, 2.75) is 12.8 Å². The van der Waals surface area contributed by atoms with Crippen molar-refractivity contribution in [2.24, 2.45) is 5.73 Å². The number of nitrogens with two attached hydrogens (primary N) is 1. The van der Waals surface area contributed by atoms with Crippen molar-refractivity contribution in [2.75, 3.05) is 55.7 Å². The number of hydrogen-bond donors (Lipinski definition) is 9. The van der Waals surface area contributed by atoms with E-state index in [1.54, 1.807) is 14.2 Å². The van der Waals surface area contributed by atoms with E-state index in [0.29, 0.717) is 19.5 Å². The third kappa shape index (κ3) is 19.5. The minimum absolute atomic E-state index is 0. The molecule has 0 aliphatic rings. The van der Waals surface area contributed by atoms with Gasteiger partial charge >= 0.3 is 22.8 Å². The summed E-state index contributed by atoms with van der Waals surface area (Å²) in [7, 11) is 8.70. The van der Waals surface area contributed by atoms with Crippen LogP contribution in [0.5, 0.6) is 57.5 Å². The lowest BCUT2D eigenvalue weighted by Crippen LogP contribution is -2.26. The summed E-state index contributed by atoms with van der Waals surface area (Å²) >= 11 is 0. The summed E-state index contributed by atoms with van der Waals surface area (Å²) in [4.78, 5) is 82.3. The number of aromatic nitrogens is 2. The zero-order valence-electron chi connectivity index (χ0n) is 43.8. The number of carbonyl (C=O) groups excluding carboxylic acids is 1. The maximum atomic E-state index is 12.1. The zero-order chi connectivity index (χ0) is 58.9. The average molecular weight is 1150 g/mol. The molecule has 28 heteroatoms. The number of methoxy groups -OCH3 is 6. The van der Waals surface area contributed by atoms with Gasteiger partial charge in [-0.2, -0.15) is 0 Å². The minimum atomic E-state index is -1.28. The van der Waals surface area contributed by atoms with Gasteiger partial charge in [0.05, 0.1) is 60.9 Å². The number of rotatable bonds is 13. The Morgan fingerprint density at radius 1 is 0.506 bits per heavy atom. The summed E-state index contributed by atoms with van der Waals surface area (Å²) < 4.78 is 51.7. The second kappa shape index (κ2) is 32.3. The number of fused-ring (bicyclic) bond motifs is 2. The van der Waals surface area contributed by atoms with E-state index in [2.05, 4.69) is 47.2 Å². The summed E-state index contributed by atoms with van der Waals surface area (Å²) in [6, 6.07) is 16.4. The fourth-order valence-corrected chi connectivity index (χ4v) is 6.34. The molecule has 10 N–H and O–H groups in total. The molecule has 0 saturated heterocycles. The van der Waals surface area contributed by atoms with Crippen LogP contribution in [0.15, 0.2) is 156 Å². The van der Waals surface area contributed by atoms with Gasteiger partial charge in [-0.1, -0.05) is 0 Å². The number of aromatic amines is 2. The van der Waals surface area contributed by atoms with Gasteiger partial charge in [0, 0.05) is 52.9 Å². The quantitative estimate of drug-likeness (QED) is 0.0705. The van der Waals surface area contributed by atoms with Crippen molar-refractivity contribution >= 4 is 46.1 Å². The predicted octanol–water partition coefficient (Wildman–Crippen LogP) is 5.32. The molecule has 9 aromatic rings. The van der Waals surface area contributed by atoms with Gasteiger partial charge in [0.2, 0.25) is 28.1 Å². The van der Waals surface area contributed by atoms with E-state index in [4.69, 9.17) is 49.9 Å². The number of hydrogen-bond acceptors (Lipinski definition) is 23. The first kappa shape index (κ1) is 64.7. The lowest BCUT2D eigenvalue weighted by Gasteiger charge is -2.05. The Hall–Kier alpha value is -10.5. The highest BCUT2D eigenvalue weighted by atomic mass is 35.5. The number of benzene rings is 2. The van der Waals surface area contributed by atoms with Crippen molar-refractivity contribution in [1.82, 2.24) is 15.3 Å². The van der Waals surface area contributed by atoms with Crippen molar-refractivity contribution in [3.63, 3.8) is 0 Å². The third-order valence-electron chi connectivity index (χ3n) is 10.3. The number of amides is 1. The maximum absolute atomic E-state index is 12.1. The van der Waals surface area contributed by atoms with Gasteiger partial charge in [0.1, 0.15) is 42.8 Å². The lowest BCUT2D eigenvalue weighted by molar-refractivity contribution is 0.0658. The maximum Gasteiger partial charge on any atom is 0.371 e. The van der Waals surface area contributed by atoms with Crippen LogP contribution in [-0.2, 0) is 12.8 Å². The third-order valence-corrected chi connectivity index (χ3v) is 10.3. The molecule has 0 bridgehead atoms. The van der Waals surface area contributed by atoms with E-state index < -0.39 is 56.9 Å². The first-order chi connectivity index (χ1) is 38.3. The van der Waals surface area contributed by atoms with E-state index in [1.807, 2.05) is 48.8 Å². The molecule has 0 aliphatic heterocycles. The standard InChI is InChI=1S/C18H18N2O5.C11H14N2O.C7H6O5.2C6H6O4.C5H4O4.ClH/c1-23-12-3-4-14-13(7-12)11(9-20-14)5-6-19-18(22)16-8-15(21)17(24-2)10-25-16;1-14-9-2-3-11-10(6-9)8(4-5-12)7-13-11;1-11-6-3-12-5(7(9)10)2-4(6)8;2*1-9-5-3-10-6(8)2-4(5)7;6-3-1-5(8)9-2-4(3)7;/h3-4,7-10,20H,5-6H2,1-2H3,(H,19,22);2-3,6-7,13H,4-5,12H2,1H3;2-3H,1H3,(H,9,10);2*2-3,7H,1H3;1-2,6-7H;1H. The highest BCUT2D eigenvalue weighted by Crippen LogP contribution is 2.26. The molecule has 0 radical (unpaired) electrons. The van der Waals surface area contributed by atoms with Crippen LogP contribution in [0.25, 0.3) is 21.8 Å². The Kier molecular flexibility index (Phi) is 25.8. The normalized spacial score (nSPS) is 9.86. The lowest BCUT2D eigenvalue weighted by atomic mass is 10.1. The highest BCUT2D eigenvalue weighted by molar-refractivity contribution is 5.91. The highest BCUT2D eigenvalue weighted by Gasteiger charge is 2.13. The van der Waals surface area contributed by atoms with Gasteiger partial charge in [-0.25, -0.2) is 19.2 Å². The molecule has 0 unspecified atom stereocenters. The number of carboxylic acids is 1. The largest absolute Gasteiger partial charge is 0.504 e.